The zero-order valence-electron chi connectivity index (χ0n) is 28.4. The van der Waals surface area contributed by atoms with E-state index in [1.807, 2.05) is 0 Å². The summed E-state index contributed by atoms with van der Waals surface area (Å²) in [6, 6.07) is 8.41. The van der Waals surface area contributed by atoms with Gasteiger partial charge in [0.15, 0.2) is 0 Å². The lowest BCUT2D eigenvalue weighted by Crippen LogP contribution is -2.27. The fourth-order valence-electron chi connectivity index (χ4n) is 5.47. The molecular weight excluding hydrogens is 506 g/mol. The van der Waals surface area contributed by atoms with Crippen molar-refractivity contribution in [2.24, 2.45) is 0 Å². The highest BCUT2D eigenvalue weighted by molar-refractivity contribution is 5.78. The van der Waals surface area contributed by atoms with Gasteiger partial charge in [-0.25, -0.2) is 0 Å². The molecule has 2 aromatic carbocycles. The topological polar surface area (TPSA) is 69.6 Å². The molecule has 0 spiro atoms. The molecule has 3 N–H and O–H groups in total. The molecule has 0 aliphatic carbocycles. The Morgan fingerprint density at radius 3 is 1.27 bits per heavy atom. The van der Waals surface area contributed by atoms with Gasteiger partial charge in [-0.1, -0.05) is 134 Å². The number of carbonyl (C=O) groups excluding carboxylic acids is 1. The Balaban J connectivity index is 2.84. The van der Waals surface area contributed by atoms with Crippen molar-refractivity contribution in [3.05, 3.63) is 57.6 Å². The Hall–Kier alpha value is -2.49. The normalized spacial score (nSPS) is 13.1. The van der Waals surface area contributed by atoms with Crippen LogP contribution in [0.4, 0.5) is 0 Å². The number of nitrogens with one attached hydrogen (secondary N) is 1. The van der Waals surface area contributed by atoms with Gasteiger partial charge in [0.1, 0.15) is 11.5 Å². The summed E-state index contributed by atoms with van der Waals surface area (Å²) in [7, 11) is 0. The highest BCUT2D eigenvalue weighted by Crippen LogP contribution is 2.46. The molecule has 0 atom stereocenters. The number of benzene rings is 2. The van der Waals surface area contributed by atoms with E-state index < -0.39 is 0 Å². The van der Waals surface area contributed by atoms with Crippen molar-refractivity contribution >= 4 is 5.91 Å². The van der Waals surface area contributed by atoms with Gasteiger partial charge < -0.3 is 15.5 Å². The van der Waals surface area contributed by atoms with Gasteiger partial charge in [-0.3, -0.25) is 4.79 Å². The maximum absolute atomic E-state index is 13.5. The SMILES string of the molecule is CCCCCCNC(=O)CC(c1cc(C(C)(C)C)c(O)c(C(C)(C)C)c1)c1cc(C(C)(C)C)c(O)c(C(C)(C)C)c1. The lowest BCUT2D eigenvalue weighted by atomic mass is 9.73. The second-order valence-electron chi connectivity index (χ2n) is 16.1. The van der Waals surface area contributed by atoms with Crippen LogP contribution in [0.15, 0.2) is 24.3 Å². The van der Waals surface area contributed by atoms with E-state index in [1.54, 1.807) is 0 Å². The highest BCUT2D eigenvalue weighted by Gasteiger charge is 2.32. The van der Waals surface area contributed by atoms with E-state index in [9.17, 15) is 15.0 Å². The minimum atomic E-state index is -0.283. The van der Waals surface area contributed by atoms with Crippen LogP contribution < -0.4 is 5.32 Å². The summed E-state index contributed by atoms with van der Waals surface area (Å²) in [5.74, 6) is 0.460. The third-order valence-corrected chi connectivity index (χ3v) is 8.04. The number of aromatic hydroxyl groups is 2. The van der Waals surface area contributed by atoms with Crippen LogP contribution >= 0.6 is 0 Å². The summed E-state index contributed by atoms with van der Waals surface area (Å²) in [5, 5.41) is 26.0. The number of hydrogen-bond acceptors (Lipinski definition) is 3. The van der Waals surface area contributed by atoms with E-state index in [2.05, 4.69) is 120 Å². The van der Waals surface area contributed by atoms with Crippen molar-refractivity contribution in [3.63, 3.8) is 0 Å². The Labute approximate surface area is 251 Å². The molecule has 0 radical (unpaired) electrons. The zero-order chi connectivity index (χ0) is 31.6. The largest absolute Gasteiger partial charge is 0.507 e. The van der Waals surface area contributed by atoms with Crippen LogP contribution in [0.5, 0.6) is 11.5 Å². The van der Waals surface area contributed by atoms with E-state index in [4.69, 9.17) is 0 Å². The average Bonchev–Trinajstić information content (AvgIpc) is 2.80. The summed E-state index contributed by atoms with van der Waals surface area (Å²) in [5.41, 5.74) is 4.44. The molecule has 0 aromatic heterocycles. The zero-order valence-corrected chi connectivity index (χ0v) is 28.4. The van der Waals surface area contributed by atoms with Gasteiger partial charge in [-0.2, -0.15) is 0 Å². The summed E-state index contributed by atoms with van der Waals surface area (Å²) in [6.07, 6.45) is 4.73. The molecule has 2 aromatic rings. The third kappa shape index (κ3) is 9.00. The first-order chi connectivity index (χ1) is 18.6. The van der Waals surface area contributed by atoms with Gasteiger partial charge >= 0.3 is 0 Å². The van der Waals surface area contributed by atoms with Gasteiger partial charge in [0, 0.05) is 18.9 Å². The van der Waals surface area contributed by atoms with E-state index in [0.29, 0.717) is 24.5 Å². The first kappa shape index (κ1) is 34.7. The molecule has 0 saturated heterocycles. The number of rotatable bonds is 9. The molecule has 0 saturated carbocycles. The lowest BCUT2D eigenvalue weighted by molar-refractivity contribution is -0.121. The van der Waals surface area contributed by atoms with E-state index >= 15 is 0 Å². The first-order valence-electron chi connectivity index (χ1n) is 15.6. The molecule has 4 nitrogen and oxygen atoms in total. The molecule has 0 fully saturated rings. The van der Waals surface area contributed by atoms with Crippen molar-refractivity contribution in [1.29, 1.82) is 0 Å². The van der Waals surface area contributed by atoms with Crippen LogP contribution in [-0.4, -0.2) is 22.7 Å². The summed E-state index contributed by atoms with van der Waals surface area (Å²) < 4.78 is 0. The number of carbonyl (C=O) groups is 1. The molecule has 0 aliphatic rings. The Kier molecular flexibility index (Phi) is 10.8. The summed E-state index contributed by atoms with van der Waals surface area (Å²) in [6.45, 7) is 28.3. The van der Waals surface area contributed by atoms with Gasteiger partial charge in [-0.05, 0) is 61.5 Å². The van der Waals surface area contributed by atoms with Crippen LogP contribution in [0.2, 0.25) is 0 Å². The highest BCUT2D eigenvalue weighted by atomic mass is 16.3. The molecule has 0 bridgehead atoms. The van der Waals surface area contributed by atoms with Gasteiger partial charge in [0.25, 0.3) is 0 Å². The smallest absolute Gasteiger partial charge is 0.220 e. The Bertz CT molecular complexity index is 1050. The second kappa shape index (κ2) is 12.8. The standard InChI is InChI=1S/C37H59NO3/c1-14-15-16-17-18-38-31(39)23-26(24-19-27(34(2,3)4)32(40)28(20-24)35(5,6)7)25-21-29(36(8,9)10)33(41)30(22-25)37(11,12)13/h19-22,26,40-41H,14-18,23H2,1-13H3,(H,38,39). The molecule has 4 heteroatoms. The quantitative estimate of drug-likeness (QED) is 0.265. The van der Waals surface area contributed by atoms with Crippen molar-refractivity contribution in [1.82, 2.24) is 5.32 Å². The molecule has 41 heavy (non-hydrogen) atoms. The van der Waals surface area contributed by atoms with Crippen LogP contribution in [0, 0.1) is 0 Å². The second-order valence-corrected chi connectivity index (χ2v) is 16.1. The minimum absolute atomic E-state index is 0.0249. The summed E-state index contributed by atoms with van der Waals surface area (Å²) >= 11 is 0. The van der Waals surface area contributed by atoms with E-state index in [0.717, 1.165) is 52.6 Å². The van der Waals surface area contributed by atoms with Gasteiger partial charge in [-0.15, -0.1) is 0 Å². The molecule has 230 valence electrons. The molecule has 1 amide bonds. The van der Waals surface area contributed by atoms with Crippen LogP contribution in [0.3, 0.4) is 0 Å². The maximum Gasteiger partial charge on any atom is 0.220 e. The molecule has 2 rings (SSSR count). The van der Waals surface area contributed by atoms with E-state index in [1.165, 1.54) is 6.42 Å². The van der Waals surface area contributed by atoms with Crippen molar-refractivity contribution in [2.75, 3.05) is 6.54 Å². The van der Waals surface area contributed by atoms with Crippen LogP contribution in [0.1, 0.15) is 161 Å². The number of hydrogen-bond donors (Lipinski definition) is 3. The lowest BCUT2D eigenvalue weighted by Gasteiger charge is -2.32. The van der Waals surface area contributed by atoms with E-state index in [-0.39, 0.29) is 33.5 Å². The molecular formula is C37H59NO3. The summed E-state index contributed by atoms with van der Waals surface area (Å²) in [4.78, 5) is 13.5. The monoisotopic (exact) mass is 565 g/mol. The molecule has 0 heterocycles. The van der Waals surface area contributed by atoms with Crippen molar-refractivity contribution in [3.8, 4) is 11.5 Å². The maximum atomic E-state index is 13.5. The molecule has 0 aliphatic heterocycles. The average molecular weight is 566 g/mol. The van der Waals surface area contributed by atoms with Gasteiger partial charge in [0.05, 0.1) is 0 Å². The minimum Gasteiger partial charge on any atom is -0.507 e. The number of unbranched alkanes of at least 4 members (excludes halogenated alkanes) is 3. The third-order valence-electron chi connectivity index (χ3n) is 8.04. The van der Waals surface area contributed by atoms with Crippen LogP contribution in [-0.2, 0) is 26.5 Å². The van der Waals surface area contributed by atoms with Crippen LogP contribution in [0.25, 0.3) is 0 Å². The fourth-order valence-corrected chi connectivity index (χ4v) is 5.47. The number of phenols is 2. The molecule has 0 unspecified atom stereocenters. The predicted molar refractivity (Wildman–Crippen MR) is 175 cm³/mol. The fraction of sp³-hybridized carbons (Fsp3) is 0.649. The van der Waals surface area contributed by atoms with Gasteiger partial charge in [0.2, 0.25) is 5.91 Å². The van der Waals surface area contributed by atoms with Crippen molar-refractivity contribution < 1.29 is 15.0 Å². The Morgan fingerprint density at radius 1 is 0.634 bits per heavy atom. The van der Waals surface area contributed by atoms with Crippen molar-refractivity contribution in [2.45, 2.75) is 150 Å². The predicted octanol–water partition coefficient (Wildman–Crippen LogP) is 9.51. The first-order valence-corrected chi connectivity index (χ1v) is 15.6. The Morgan fingerprint density at radius 2 is 0.976 bits per heavy atom. The number of phenolic OH excluding ortho intramolecular Hbond substituents is 2. The number of amides is 1.